The van der Waals surface area contributed by atoms with Crippen LogP contribution in [0.5, 0.6) is 0 Å². The van der Waals surface area contributed by atoms with Crippen molar-refractivity contribution in [1.29, 1.82) is 0 Å². The van der Waals surface area contributed by atoms with E-state index in [1.54, 1.807) is 28.9 Å². The molecule has 5 rings (SSSR count). The van der Waals surface area contributed by atoms with E-state index in [2.05, 4.69) is 25.5 Å². The summed E-state index contributed by atoms with van der Waals surface area (Å²) in [6.45, 7) is 1.78. The summed E-state index contributed by atoms with van der Waals surface area (Å²) in [6, 6.07) is 7.57. The van der Waals surface area contributed by atoms with Crippen molar-refractivity contribution in [2.24, 2.45) is 0 Å². The average Bonchev–Trinajstić information content (AvgIpc) is 3.41. The molecule has 1 aliphatic heterocycles. The Morgan fingerprint density at radius 3 is 2.81 bits per heavy atom. The number of nitrogens with zero attached hydrogens (tertiary/aromatic N) is 5. The zero-order valence-corrected chi connectivity index (χ0v) is 17.0. The van der Waals surface area contributed by atoms with E-state index in [0.717, 1.165) is 31.6 Å². The molecule has 160 valence electrons. The first-order valence-electron chi connectivity index (χ1n) is 9.51. The van der Waals surface area contributed by atoms with Crippen molar-refractivity contribution in [2.45, 2.75) is 18.8 Å². The maximum atomic E-state index is 12.3. The Morgan fingerprint density at radius 2 is 2.03 bits per heavy atom. The van der Waals surface area contributed by atoms with Crippen LogP contribution in [0.2, 0.25) is 0 Å². The number of fused-ring (bicyclic) bond motifs is 1. The van der Waals surface area contributed by atoms with Crippen LogP contribution in [0.3, 0.4) is 0 Å². The van der Waals surface area contributed by atoms with Crippen molar-refractivity contribution in [2.75, 3.05) is 13.1 Å². The number of nitro groups is 1. The molecule has 1 aliphatic rings. The number of piperidine rings is 1. The standard InChI is InChI=1S/C19H17N7O4.ClH/c27-16-9-15(11-4-6-20-7-5-11)25-18(22-16)14(10-21-25)19-23-17(24-30-19)12-2-1-3-13(8-12)26(28)29;/h1-3,8-11,20H,4-7H2,(H,22,27);1H. The third kappa shape index (κ3) is 3.80. The second-order valence-electron chi connectivity index (χ2n) is 7.13. The fourth-order valence-corrected chi connectivity index (χ4v) is 3.79. The summed E-state index contributed by atoms with van der Waals surface area (Å²) in [5, 5.41) is 22.7. The molecule has 1 fully saturated rings. The number of nitro benzene ring substituents is 1. The van der Waals surface area contributed by atoms with E-state index < -0.39 is 4.92 Å². The van der Waals surface area contributed by atoms with Crippen molar-refractivity contribution in [3.63, 3.8) is 0 Å². The van der Waals surface area contributed by atoms with Gasteiger partial charge in [-0.2, -0.15) is 10.1 Å². The Balaban J connectivity index is 0.00000231. The number of halogens is 1. The number of non-ortho nitro benzene ring substituents is 1. The lowest BCUT2D eigenvalue weighted by Crippen LogP contribution is -2.28. The normalized spacial score (nSPS) is 14.5. The predicted octanol–water partition coefficient (Wildman–Crippen LogP) is 2.54. The van der Waals surface area contributed by atoms with Crippen LogP contribution < -0.4 is 10.9 Å². The van der Waals surface area contributed by atoms with Gasteiger partial charge in [-0.25, -0.2) is 4.52 Å². The Morgan fingerprint density at radius 1 is 1.23 bits per heavy atom. The van der Waals surface area contributed by atoms with E-state index in [4.69, 9.17) is 4.52 Å². The molecule has 4 heterocycles. The van der Waals surface area contributed by atoms with Gasteiger partial charge < -0.3 is 14.8 Å². The van der Waals surface area contributed by atoms with E-state index in [1.807, 2.05) is 0 Å². The van der Waals surface area contributed by atoms with E-state index >= 15 is 0 Å². The molecule has 31 heavy (non-hydrogen) atoms. The summed E-state index contributed by atoms with van der Waals surface area (Å²) in [5.41, 5.74) is 1.99. The van der Waals surface area contributed by atoms with Crippen LogP contribution in [0.4, 0.5) is 5.69 Å². The van der Waals surface area contributed by atoms with Crippen LogP contribution in [-0.2, 0) is 0 Å². The van der Waals surface area contributed by atoms with Crippen molar-refractivity contribution in [1.82, 2.24) is 30.1 Å². The van der Waals surface area contributed by atoms with Gasteiger partial charge in [-0.3, -0.25) is 14.9 Å². The molecule has 3 aromatic heterocycles. The number of hydrogen-bond acceptors (Lipinski definition) is 8. The highest BCUT2D eigenvalue weighted by Gasteiger charge is 2.23. The molecule has 0 bridgehead atoms. The third-order valence-corrected chi connectivity index (χ3v) is 5.26. The molecule has 0 amide bonds. The minimum atomic E-state index is -0.483. The molecule has 1 saturated heterocycles. The number of aromatic nitrogens is 5. The molecule has 2 N–H and O–H groups in total. The molecule has 0 radical (unpaired) electrons. The van der Waals surface area contributed by atoms with Gasteiger partial charge in [0.15, 0.2) is 0 Å². The van der Waals surface area contributed by atoms with Gasteiger partial charge >= 0.3 is 0 Å². The number of aromatic amines is 1. The topological polar surface area (TPSA) is 144 Å². The number of benzene rings is 1. The lowest BCUT2D eigenvalue weighted by atomic mass is 9.94. The average molecular weight is 444 g/mol. The molecule has 0 aliphatic carbocycles. The number of hydrogen-bond donors (Lipinski definition) is 2. The lowest BCUT2D eigenvalue weighted by molar-refractivity contribution is -0.384. The van der Waals surface area contributed by atoms with E-state index in [-0.39, 0.29) is 41.3 Å². The van der Waals surface area contributed by atoms with Crippen LogP contribution in [0.25, 0.3) is 28.5 Å². The van der Waals surface area contributed by atoms with Crippen LogP contribution in [0.15, 0.2) is 45.8 Å². The van der Waals surface area contributed by atoms with E-state index in [9.17, 15) is 14.9 Å². The zero-order valence-electron chi connectivity index (χ0n) is 16.1. The van der Waals surface area contributed by atoms with Gasteiger partial charge in [0.2, 0.25) is 5.82 Å². The molecule has 0 saturated carbocycles. The smallest absolute Gasteiger partial charge is 0.270 e. The Bertz CT molecular complexity index is 1310. The summed E-state index contributed by atoms with van der Waals surface area (Å²) in [4.78, 5) is 30.0. The summed E-state index contributed by atoms with van der Waals surface area (Å²) < 4.78 is 7.09. The van der Waals surface area contributed by atoms with E-state index in [1.165, 1.54) is 12.1 Å². The van der Waals surface area contributed by atoms with Crippen molar-refractivity contribution in [3.05, 3.63) is 62.7 Å². The largest absolute Gasteiger partial charge is 0.333 e. The minimum Gasteiger partial charge on any atom is -0.333 e. The zero-order chi connectivity index (χ0) is 20.7. The summed E-state index contributed by atoms with van der Waals surface area (Å²) in [7, 11) is 0. The predicted molar refractivity (Wildman–Crippen MR) is 113 cm³/mol. The van der Waals surface area contributed by atoms with Crippen LogP contribution in [0.1, 0.15) is 24.5 Å². The monoisotopic (exact) mass is 443 g/mol. The first-order valence-corrected chi connectivity index (χ1v) is 9.51. The van der Waals surface area contributed by atoms with Gasteiger partial charge in [0.25, 0.3) is 17.1 Å². The van der Waals surface area contributed by atoms with Gasteiger partial charge in [0, 0.05) is 29.7 Å². The van der Waals surface area contributed by atoms with Gasteiger partial charge in [0.05, 0.1) is 16.8 Å². The maximum absolute atomic E-state index is 12.3. The highest BCUT2D eigenvalue weighted by molar-refractivity contribution is 5.85. The van der Waals surface area contributed by atoms with Crippen molar-refractivity contribution >= 4 is 23.7 Å². The van der Waals surface area contributed by atoms with Crippen LogP contribution >= 0.6 is 12.4 Å². The van der Waals surface area contributed by atoms with Gasteiger partial charge in [-0.05, 0) is 25.9 Å². The summed E-state index contributed by atoms with van der Waals surface area (Å²) in [6.07, 6.45) is 3.41. The SMILES string of the molecule is Cl.O=c1cc(C2CCNCC2)n2ncc(-c3nc(-c4cccc([N+](=O)[O-])c4)no3)c2[nH]1. The lowest BCUT2D eigenvalue weighted by Gasteiger charge is -2.23. The molecule has 0 atom stereocenters. The fraction of sp³-hybridized carbons (Fsp3) is 0.263. The van der Waals surface area contributed by atoms with Crippen LogP contribution in [-0.4, -0.2) is 42.8 Å². The van der Waals surface area contributed by atoms with Crippen LogP contribution in [0, 0.1) is 10.1 Å². The molecule has 4 aromatic rings. The molecule has 1 aromatic carbocycles. The molecular weight excluding hydrogens is 426 g/mol. The van der Waals surface area contributed by atoms with Gasteiger partial charge in [-0.1, -0.05) is 17.3 Å². The number of H-pyrrole nitrogens is 1. The van der Waals surface area contributed by atoms with Crippen molar-refractivity contribution in [3.8, 4) is 22.8 Å². The minimum absolute atomic E-state index is 0. The number of rotatable bonds is 4. The number of nitrogens with one attached hydrogen (secondary N) is 2. The first-order chi connectivity index (χ1) is 14.6. The molecule has 0 spiro atoms. The Labute approximate surface area is 181 Å². The molecule has 0 unspecified atom stereocenters. The molecule has 11 nitrogen and oxygen atoms in total. The quantitative estimate of drug-likeness (QED) is 0.361. The Kier molecular flexibility index (Phi) is 5.53. The maximum Gasteiger partial charge on any atom is 0.270 e. The fourth-order valence-electron chi connectivity index (χ4n) is 3.79. The van der Waals surface area contributed by atoms with Gasteiger partial charge in [0.1, 0.15) is 11.2 Å². The third-order valence-electron chi connectivity index (χ3n) is 5.26. The van der Waals surface area contributed by atoms with E-state index in [0.29, 0.717) is 16.8 Å². The Hall–Kier alpha value is -3.57. The highest BCUT2D eigenvalue weighted by Crippen LogP contribution is 2.29. The van der Waals surface area contributed by atoms with Gasteiger partial charge in [-0.15, -0.1) is 12.4 Å². The molecule has 12 heteroatoms. The second kappa shape index (κ2) is 8.28. The summed E-state index contributed by atoms with van der Waals surface area (Å²) >= 11 is 0. The first kappa shape index (κ1) is 20.7. The van der Waals surface area contributed by atoms with Crippen molar-refractivity contribution < 1.29 is 9.45 Å². The molecular formula is C19H18ClN7O4. The highest BCUT2D eigenvalue weighted by atomic mass is 35.5. The second-order valence-corrected chi connectivity index (χ2v) is 7.13. The summed E-state index contributed by atoms with van der Waals surface area (Å²) in [5.74, 6) is 0.612.